The Hall–Kier alpha value is -2.38. The lowest BCUT2D eigenvalue weighted by Crippen LogP contribution is -2.43. The number of hydrogen-bond acceptors (Lipinski definition) is 5. The summed E-state index contributed by atoms with van der Waals surface area (Å²) in [6, 6.07) is 16.3. The van der Waals surface area contributed by atoms with Gasteiger partial charge in [0.2, 0.25) is 0 Å². The molecular formula is C20H23N3O3S. The molecule has 2 aromatic carbocycles. The lowest BCUT2D eigenvalue weighted by atomic mass is 10.0. The summed E-state index contributed by atoms with van der Waals surface area (Å²) in [6.45, 7) is 2.08. The van der Waals surface area contributed by atoms with Gasteiger partial charge in [-0.05, 0) is 42.7 Å². The number of hydrazine groups is 1. The van der Waals surface area contributed by atoms with E-state index in [0.29, 0.717) is 5.56 Å². The third-order valence-corrected chi connectivity index (χ3v) is 5.74. The summed E-state index contributed by atoms with van der Waals surface area (Å²) in [5, 5.41) is 12.6. The fourth-order valence-corrected chi connectivity index (χ4v) is 4.30. The predicted octanol–water partition coefficient (Wildman–Crippen LogP) is 4.03. The molecule has 3 rings (SSSR count). The summed E-state index contributed by atoms with van der Waals surface area (Å²) in [5.74, 6) is 0.778. The number of nitro benzene ring substituents is 1. The van der Waals surface area contributed by atoms with Crippen molar-refractivity contribution in [3.8, 4) is 0 Å². The Kier molecular flexibility index (Phi) is 6.47. The zero-order chi connectivity index (χ0) is 19.2. The number of non-ortho nitro benzene ring substituents is 1. The summed E-state index contributed by atoms with van der Waals surface area (Å²) in [5.41, 5.74) is 5.10. The summed E-state index contributed by atoms with van der Waals surface area (Å²) in [6.07, 6.45) is 2.81. The zero-order valence-electron chi connectivity index (χ0n) is 15.2. The summed E-state index contributed by atoms with van der Waals surface area (Å²) < 4.78 is 0. The number of benzene rings is 2. The van der Waals surface area contributed by atoms with Crippen LogP contribution in [-0.2, 0) is 6.42 Å². The summed E-state index contributed by atoms with van der Waals surface area (Å²) >= 11 is 1.74. The molecule has 27 heavy (non-hydrogen) atoms. The van der Waals surface area contributed by atoms with Gasteiger partial charge < -0.3 is 0 Å². The first-order valence-corrected chi connectivity index (χ1v) is 10.1. The number of carbonyl (C=O) groups is 1. The van der Waals surface area contributed by atoms with Crippen LogP contribution in [0.15, 0.2) is 54.6 Å². The van der Waals surface area contributed by atoms with Crippen molar-refractivity contribution in [1.29, 1.82) is 0 Å². The third-order valence-electron chi connectivity index (χ3n) is 4.62. The van der Waals surface area contributed by atoms with Gasteiger partial charge in [-0.3, -0.25) is 19.9 Å². The van der Waals surface area contributed by atoms with E-state index in [1.807, 2.05) is 18.2 Å². The fourth-order valence-electron chi connectivity index (χ4n) is 3.24. The molecule has 2 aromatic rings. The lowest BCUT2D eigenvalue weighted by molar-refractivity contribution is -0.384. The number of rotatable bonds is 7. The maximum Gasteiger partial charge on any atom is 0.269 e. The van der Waals surface area contributed by atoms with Gasteiger partial charge in [0.15, 0.2) is 0 Å². The minimum absolute atomic E-state index is 0.0128. The van der Waals surface area contributed by atoms with Crippen molar-refractivity contribution in [1.82, 2.24) is 10.4 Å². The second-order valence-electron chi connectivity index (χ2n) is 6.48. The van der Waals surface area contributed by atoms with E-state index in [1.165, 1.54) is 29.8 Å². The molecule has 142 valence electrons. The van der Waals surface area contributed by atoms with Crippen LogP contribution in [0, 0.1) is 10.1 Å². The summed E-state index contributed by atoms with van der Waals surface area (Å²) in [7, 11) is 0. The van der Waals surface area contributed by atoms with E-state index in [-0.39, 0.29) is 23.0 Å². The van der Waals surface area contributed by atoms with Crippen LogP contribution in [0.25, 0.3) is 0 Å². The Balaban J connectivity index is 1.66. The van der Waals surface area contributed by atoms with Gasteiger partial charge in [0.25, 0.3) is 11.6 Å². The van der Waals surface area contributed by atoms with E-state index in [2.05, 4.69) is 24.5 Å². The highest BCUT2D eigenvalue weighted by Gasteiger charge is 2.35. The topological polar surface area (TPSA) is 75.5 Å². The SMILES string of the molecule is CCSC1C[C@H](CCc2ccccc2)NN1C(=O)c1ccc([N+](=O)[O-])cc1. The molecule has 1 saturated heterocycles. The molecular weight excluding hydrogens is 362 g/mol. The van der Waals surface area contributed by atoms with E-state index in [0.717, 1.165) is 25.0 Å². The first-order valence-electron chi connectivity index (χ1n) is 9.08. The molecule has 0 bridgehead atoms. The first kappa shape index (κ1) is 19.4. The van der Waals surface area contributed by atoms with Gasteiger partial charge in [-0.1, -0.05) is 37.3 Å². The highest BCUT2D eigenvalue weighted by Crippen LogP contribution is 2.29. The molecule has 1 heterocycles. The van der Waals surface area contributed by atoms with Crippen LogP contribution in [0.2, 0.25) is 0 Å². The number of nitrogens with one attached hydrogen (secondary N) is 1. The Labute approximate surface area is 163 Å². The second-order valence-corrected chi connectivity index (χ2v) is 7.93. The maximum absolute atomic E-state index is 12.9. The maximum atomic E-state index is 12.9. The number of nitro groups is 1. The highest BCUT2D eigenvalue weighted by atomic mass is 32.2. The summed E-state index contributed by atoms with van der Waals surface area (Å²) in [4.78, 5) is 23.3. The minimum atomic E-state index is -0.461. The lowest BCUT2D eigenvalue weighted by Gasteiger charge is -2.23. The van der Waals surface area contributed by atoms with E-state index in [1.54, 1.807) is 16.8 Å². The molecule has 1 unspecified atom stereocenters. The van der Waals surface area contributed by atoms with E-state index >= 15 is 0 Å². The normalized spacial score (nSPS) is 19.2. The Morgan fingerprint density at radius 1 is 1.22 bits per heavy atom. The second kappa shape index (κ2) is 9.01. The molecule has 0 aromatic heterocycles. The van der Waals surface area contributed by atoms with Crippen molar-refractivity contribution in [3.63, 3.8) is 0 Å². The number of thioether (sulfide) groups is 1. The van der Waals surface area contributed by atoms with E-state index < -0.39 is 4.92 Å². The van der Waals surface area contributed by atoms with Crippen LogP contribution < -0.4 is 5.43 Å². The van der Waals surface area contributed by atoms with Crippen LogP contribution in [0.5, 0.6) is 0 Å². The van der Waals surface area contributed by atoms with Gasteiger partial charge in [0.05, 0.1) is 10.3 Å². The zero-order valence-corrected chi connectivity index (χ0v) is 16.0. The van der Waals surface area contributed by atoms with Gasteiger partial charge in [-0.15, -0.1) is 11.8 Å². The van der Waals surface area contributed by atoms with Crippen LogP contribution in [0.3, 0.4) is 0 Å². The quantitative estimate of drug-likeness (QED) is 0.575. The Morgan fingerprint density at radius 3 is 2.56 bits per heavy atom. The van der Waals surface area contributed by atoms with Gasteiger partial charge in [-0.2, -0.15) is 0 Å². The molecule has 0 saturated carbocycles. The smallest absolute Gasteiger partial charge is 0.268 e. The predicted molar refractivity (Wildman–Crippen MR) is 107 cm³/mol. The molecule has 0 radical (unpaired) electrons. The van der Waals surface area contributed by atoms with Gasteiger partial charge >= 0.3 is 0 Å². The van der Waals surface area contributed by atoms with E-state index in [9.17, 15) is 14.9 Å². The average Bonchev–Trinajstić information content (AvgIpc) is 3.10. The molecule has 7 heteroatoms. The van der Waals surface area contributed by atoms with Crippen LogP contribution in [-0.4, -0.2) is 33.0 Å². The van der Waals surface area contributed by atoms with Crippen molar-refractivity contribution < 1.29 is 9.72 Å². The van der Waals surface area contributed by atoms with E-state index in [4.69, 9.17) is 0 Å². The molecule has 6 nitrogen and oxygen atoms in total. The third kappa shape index (κ3) is 4.87. The Morgan fingerprint density at radius 2 is 1.93 bits per heavy atom. The molecule has 2 atom stereocenters. The fraction of sp³-hybridized carbons (Fsp3) is 0.350. The minimum Gasteiger partial charge on any atom is -0.268 e. The van der Waals surface area contributed by atoms with Crippen molar-refractivity contribution >= 4 is 23.4 Å². The van der Waals surface area contributed by atoms with Crippen molar-refractivity contribution in [2.45, 2.75) is 37.6 Å². The average molecular weight is 385 g/mol. The number of carbonyl (C=O) groups excluding carboxylic acids is 1. The van der Waals surface area contributed by atoms with Crippen molar-refractivity contribution in [3.05, 3.63) is 75.8 Å². The van der Waals surface area contributed by atoms with Gasteiger partial charge in [0, 0.05) is 23.7 Å². The first-order chi connectivity index (χ1) is 13.1. The molecule has 0 aliphatic carbocycles. The standard InChI is InChI=1S/C20H23N3O3S/c1-2-27-19-14-17(11-8-15-6-4-3-5-7-15)21-22(19)20(24)16-9-12-18(13-10-16)23(25)26/h3-7,9-10,12-13,17,19,21H,2,8,11,14H2,1H3/t17-,19?/m0/s1. The molecule has 1 fully saturated rings. The largest absolute Gasteiger partial charge is 0.269 e. The monoisotopic (exact) mass is 385 g/mol. The van der Waals surface area contributed by atoms with Crippen LogP contribution in [0.1, 0.15) is 35.7 Å². The van der Waals surface area contributed by atoms with Crippen molar-refractivity contribution in [2.24, 2.45) is 0 Å². The number of amides is 1. The molecule has 1 aliphatic heterocycles. The van der Waals surface area contributed by atoms with Crippen LogP contribution >= 0.6 is 11.8 Å². The molecule has 1 N–H and O–H groups in total. The number of hydrogen-bond donors (Lipinski definition) is 1. The molecule has 1 amide bonds. The molecule has 0 spiro atoms. The Bertz CT molecular complexity index is 783. The number of aryl methyl sites for hydroxylation is 1. The molecule has 1 aliphatic rings. The van der Waals surface area contributed by atoms with Crippen molar-refractivity contribution in [2.75, 3.05) is 5.75 Å². The van der Waals surface area contributed by atoms with Gasteiger partial charge in [0.1, 0.15) is 0 Å². The van der Waals surface area contributed by atoms with Gasteiger partial charge in [-0.25, -0.2) is 5.43 Å². The number of nitrogens with zero attached hydrogens (tertiary/aromatic N) is 2. The highest BCUT2D eigenvalue weighted by molar-refractivity contribution is 7.99. The van der Waals surface area contributed by atoms with Crippen LogP contribution in [0.4, 0.5) is 5.69 Å².